The number of rotatable bonds is 5. The van der Waals surface area contributed by atoms with Crippen molar-refractivity contribution in [1.82, 2.24) is 0 Å². The molecule has 6 nitrogen and oxygen atoms in total. The Labute approximate surface area is 193 Å². The Hall–Kier alpha value is -3.39. The number of hydrogen-bond acceptors (Lipinski definition) is 3. The lowest BCUT2D eigenvalue weighted by Crippen LogP contribution is -2.24. The highest BCUT2D eigenvalue weighted by Crippen LogP contribution is 2.32. The summed E-state index contributed by atoms with van der Waals surface area (Å²) in [6, 6.07) is 17.7. The summed E-state index contributed by atoms with van der Waals surface area (Å²) in [4.78, 5) is 27.4. The molecule has 3 amide bonds. The minimum absolute atomic E-state index is 0.345. The van der Waals surface area contributed by atoms with E-state index < -0.39 is 5.82 Å². The maximum atomic E-state index is 13.1. The molecular formula is C24H22BrFN4O2. The second-order valence-corrected chi connectivity index (χ2v) is 8.39. The van der Waals surface area contributed by atoms with Crippen LogP contribution in [-0.4, -0.2) is 25.0 Å². The molecule has 0 radical (unpaired) electrons. The third-order valence-corrected chi connectivity index (χ3v) is 5.69. The van der Waals surface area contributed by atoms with Crippen LogP contribution >= 0.6 is 15.9 Å². The molecule has 3 aromatic carbocycles. The predicted molar refractivity (Wildman–Crippen MR) is 129 cm³/mol. The van der Waals surface area contributed by atoms with E-state index >= 15 is 0 Å². The minimum atomic E-state index is -0.403. The molecule has 3 N–H and O–H groups in total. The Morgan fingerprint density at radius 3 is 2.16 bits per heavy atom. The number of urea groups is 1. The van der Waals surface area contributed by atoms with E-state index in [1.165, 1.54) is 24.3 Å². The highest BCUT2D eigenvalue weighted by atomic mass is 79.9. The highest BCUT2D eigenvalue weighted by molar-refractivity contribution is 9.10. The second-order valence-electron chi connectivity index (χ2n) is 7.47. The van der Waals surface area contributed by atoms with Gasteiger partial charge in [0.05, 0.1) is 11.4 Å². The molecule has 1 fully saturated rings. The molecular weight excluding hydrogens is 475 g/mol. The average molecular weight is 497 g/mol. The largest absolute Gasteiger partial charge is 0.370 e. The standard InChI is InChI=1S/C24H22BrFN4O2/c25-17-5-9-19(10-6-17)28-24(32)29-21-15-20(11-12-22(21)30-13-1-2-14-30)27-23(31)16-3-7-18(26)8-4-16/h3-12,15H,1-2,13-14H2,(H,27,31)(H2,28,29,32). The van der Waals surface area contributed by atoms with Crippen LogP contribution < -0.4 is 20.9 Å². The fourth-order valence-corrected chi connectivity index (χ4v) is 3.83. The van der Waals surface area contributed by atoms with Gasteiger partial charge in [-0.3, -0.25) is 4.79 Å². The molecule has 0 aromatic heterocycles. The van der Waals surface area contributed by atoms with Crippen molar-refractivity contribution in [3.05, 3.63) is 82.6 Å². The van der Waals surface area contributed by atoms with E-state index in [2.05, 4.69) is 36.8 Å². The molecule has 8 heteroatoms. The summed E-state index contributed by atoms with van der Waals surface area (Å²) in [7, 11) is 0. The van der Waals surface area contributed by atoms with Crippen molar-refractivity contribution in [3.63, 3.8) is 0 Å². The molecule has 0 unspecified atom stereocenters. The molecule has 32 heavy (non-hydrogen) atoms. The van der Waals surface area contributed by atoms with Gasteiger partial charge in [-0.15, -0.1) is 0 Å². The maximum Gasteiger partial charge on any atom is 0.323 e. The Bertz CT molecular complexity index is 1110. The molecule has 0 saturated carbocycles. The van der Waals surface area contributed by atoms with E-state index in [4.69, 9.17) is 0 Å². The quantitative estimate of drug-likeness (QED) is 0.400. The van der Waals surface area contributed by atoms with Crippen molar-refractivity contribution < 1.29 is 14.0 Å². The van der Waals surface area contributed by atoms with E-state index in [0.29, 0.717) is 22.6 Å². The van der Waals surface area contributed by atoms with Crippen LogP contribution in [0, 0.1) is 5.82 Å². The first-order valence-electron chi connectivity index (χ1n) is 10.3. The normalized spacial score (nSPS) is 13.0. The molecule has 0 aliphatic carbocycles. The number of hydrogen-bond donors (Lipinski definition) is 3. The summed E-state index contributed by atoms with van der Waals surface area (Å²) in [5, 5.41) is 8.53. The molecule has 0 spiro atoms. The van der Waals surface area contributed by atoms with Gasteiger partial charge in [0.2, 0.25) is 0 Å². The first-order valence-corrected chi connectivity index (χ1v) is 11.1. The molecule has 0 bridgehead atoms. The highest BCUT2D eigenvalue weighted by Gasteiger charge is 2.18. The van der Waals surface area contributed by atoms with Crippen LogP contribution in [0.1, 0.15) is 23.2 Å². The number of anilines is 4. The molecule has 3 aromatic rings. The third-order valence-electron chi connectivity index (χ3n) is 5.16. The summed E-state index contributed by atoms with van der Waals surface area (Å²) >= 11 is 3.37. The SMILES string of the molecule is O=C(Nc1ccc(Br)cc1)Nc1cc(NC(=O)c2ccc(F)cc2)ccc1N1CCCC1. The fraction of sp³-hybridized carbons (Fsp3) is 0.167. The van der Waals surface area contributed by atoms with Gasteiger partial charge >= 0.3 is 6.03 Å². The molecule has 1 aliphatic rings. The topological polar surface area (TPSA) is 73.5 Å². The van der Waals surface area contributed by atoms with Gasteiger partial charge < -0.3 is 20.9 Å². The maximum absolute atomic E-state index is 13.1. The van der Waals surface area contributed by atoms with Crippen LogP contribution in [0.5, 0.6) is 0 Å². The van der Waals surface area contributed by atoms with Gasteiger partial charge in [-0.25, -0.2) is 9.18 Å². The van der Waals surface area contributed by atoms with Gasteiger partial charge in [0.15, 0.2) is 0 Å². The van der Waals surface area contributed by atoms with Crippen molar-refractivity contribution in [3.8, 4) is 0 Å². The van der Waals surface area contributed by atoms with Crippen molar-refractivity contribution >= 4 is 50.6 Å². The van der Waals surface area contributed by atoms with Gasteiger partial charge in [-0.05, 0) is 79.6 Å². The smallest absolute Gasteiger partial charge is 0.323 e. The number of nitrogens with zero attached hydrogens (tertiary/aromatic N) is 1. The number of carbonyl (C=O) groups excluding carboxylic acids is 2. The van der Waals surface area contributed by atoms with Crippen LogP contribution in [0.3, 0.4) is 0 Å². The predicted octanol–water partition coefficient (Wildman–Crippen LogP) is 6.08. The monoisotopic (exact) mass is 496 g/mol. The van der Waals surface area contributed by atoms with E-state index in [0.717, 1.165) is 36.1 Å². The van der Waals surface area contributed by atoms with E-state index in [1.54, 1.807) is 24.3 Å². The number of nitrogens with one attached hydrogen (secondary N) is 3. The Balaban J connectivity index is 1.53. The molecule has 0 atom stereocenters. The summed E-state index contributed by atoms with van der Waals surface area (Å²) in [5.74, 6) is -0.760. The van der Waals surface area contributed by atoms with Gasteiger partial charge in [-0.2, -0.15) is 0 Å². The van der Waals surface area contributed by atoms with Crippen LogP contribution in [0.25, 0.3) is 0 Å². The van der Waals surface area contributed by atoms with Crippen LogP contribution in [0.2, 0.25) is 0 Å². The van der Waals surface area contributed by atoms with Crippen molar-refractivity contribution in [2.24, 2.45) is 0 Å². The Morgan fingerprint density at radius 2 is 1.47 bits per heavy atom. The van der Waals surface area contributed by atoms with Gasteiger partial charge in [0.25, 0.3) is 5.91 Å². The number of benzene rings is 3. The lowest BCUT2D eigenvalue weighted by atomic mass is 10.2. The molecule has 1 heterocycles. The first-order chi connectivity index (χ1) is 15.5. The summed E-state index contributed by atoms with van der Waals surface area (Å²) in [6.45, 7) is 1.81. The number of carbonyl (C=O) groups is 2. The molecule has 1 aliphatic heterocycles. The zero-order valence-corrected chi connectivity index (χ0v) is 18.8. The average Bonchev–Trinajstić information content (AvgIpc) is 3.30. The molecule has 164 valence electrons. The lowest BCUT2D eigenvalue weighted by Gasteiger charge is -2.22. The second kappa shape index (κ2) is 9.82. The van der Waals surface area contributed by atoms with Gasteiger partial charge in [-0.1, -0.05) is 15.9 Å². The Kier molecular flexibility index (Phi) is 6.70. The first kappa shape index (κ1) is 21.8. The number of amides is 3. The van der Waals surface area contributed by atoms with Crippen LogP contribution in [0.15, 0.2) is 71.2 Å². The zero-order valence-electron chi connectivity index (χ0n) is 17.2. The van der Waals surface area contributed by atoms with Crippen molar-refractivity contribution in [1.29, 1.82) is 0 Å². The van der Waals surface area contributed by atoms with E-state index in [1.807, 2.05) is 18.2 Å². The van der Waals surface area contributed by atoms with Crippen molar-refractivity contribution in [2.45, 2.75) is 12.8 Å². The summed E-state index contributed by atoms with van der Waals surface area (Å²) in [5.41, 5.74) is 3.03. The van der Waals surface area contributed by atoms with Gasteiger partial charge in [0.1, 0.15) is 5.82 Å². The van der Waals surface area contributed by atoms with Crippen LogP contribution in [-0.2, 0) is 0 Å². The minimum Gasteiger partial charge on any atom is -0.370 e. The molecule has 4 rings (SSSR count). The lowest BCUT2D eigenvalue weighted by molar-refractivity contribution is 0.102. The number of halogens is 2. The molecule has 1 saturated heterocycles. The fourth-order valence-electron chi connectivity index (χ4n) is 3.57. The van der Waals surface area contributed by atoms with E-state index in [9.17, 15) is 14.0 Å². The van der Waals surface area contributed by atoms with E-state index in [-0.39, 0.29) is 11.9 Å². The van der Waals surface area contributed by atoms with Gasteiger partial charge in [0, 0.05) is 34.5 Å². The summed E-state index contributed by atoms with van der Waals surface area (Å²) in [6.07, 6.45) is 2.18. The zero-order chi connectivity index (χ0) is 22.5. The van der Waals surface area contributed by atoms with Crippen LogP contribution in [0.4, 0.5) is 31.9 Å². The van der Waals surface area contributed by atoms with Crippen molar-refractivity contribution in [2.75, 3.05) is 33.9 Å². The summed E-state index contributed by atoms with van der Waals surface area (Å²) < 4.78 is 14.1. The third kappa shape index (κ3) is 5.45. The Morgan fingerprint density at radius 1 is 0.812 bits per heavy atom.